The van der Waals surface area contributed by atoms with Crippen molar-refractivity contribution in [1.29, 1.82) is 0 Å². The van der Waals surface area contributed by atoms with Crippen LogP contribution < -0.4 is 15.4 Å². The van der Waals surface area contributed by atoms with Crippen molar-refractivity contribution in [3.8, 4) is 5.75 Å². The number of aliphatic hydroxyl groups is 1. The normalized spacial score (nSPS) is 17.4. The van der Waals surface area contributed by atoms with Gasteiger partial charge in [-0.05, 0) is 43.3 Å². The van der Waals surface area contributed by atoms with Gasteiger partial charge < -0.3 is 30.3 Å². The topological polar surface area (TPSA) is 124 Å². The molecule has 3 N–H and O–H groups in total. The summed E-state index contributed by atoms with van der Waals surface area (Å²) in [6.45, 7) is 4.01. The highest BCUT2D eigenvalue weighted by atomic mass is 32.1. The molecular weight excluding hydrogens is 554 g/mol. The SMILES string of the molecule is C[C@@H]1CN([C@@H](C)CO)C(=O)c2cccc(NC(=O)c3nc4ccccc4s3)c2O[C@H]1CN(C)C(=O)Nc1ccccc1. The number of aliphatic hydroxyl groups excluding tert-OH is 1. The second kappa shape index (κ2) is 12.6. The maximum atomic E-state index is 13.7. The highest BCUT2D eigenvalue weighted by molar-refractivity contribution is 7.20. The van der Waals surface area contributed by atoms with Crippen molar-refractivity contribution in [2.45, 2.75) is 26.0 Å². The number of likely N-dealkylation sites (N-methyl/N-ethyl adjacent to an activating group) is 1. The number of para-hydroxylation sites is 3. The Bertz CT molecular complexity index is 1560. The molecule has 0 unspecified atom stereocenters. The van der Waals surface area contributed by atoms with Crippen LogP contribution in [0.4, 0.5) is 16.2 Å². The number of hydrogen-bond donors (Lipinski definition) is 3. The fourth-order valence-electron chi connectivity index (χ4n) is 4.80. The van der Waals surface area contributed by atoms with Crippen molar-refractivity contribution in [2.75, 3.05) is 37.4 Å². The zero-order valence-corrected chi connectivity index (χ0v) is 24.4. The van der Waals surface area contributed by atoms with Gasteiger partial charge in [0, 0.05) is 25.2 Å². The quantitative estimate of drug-likeness (QED) is 0.282. The van der Waals surface area contributed by atoms with Crippen LogP contribution in [0.3, 0.4) is 0 Å². The van der Waals surface area contributed by atoms with Crippen molar-refractivity contribution in [1.82, 2.24) is 14.8 Å². The van der Waals surface area contributed by atoms with Gasteiger partial charge in [-0.3, -0.25) is 9.59 Å². The summed E-state index contributed by atoms with van der Waals surface area (Å²) in [6, 6.07) is 20.9. The number of amides is 4. The predicted octanol–water partition coefficient (Wildman–Crippen LogP) is 4.93. The van der Waals surface area contributed by atoms with Crippen molar-refractivity contribution >= 4 is 50.8 Å². The third-order valence-electron chi connectivity index (χ3n) is 7.25. The second-order valence-electron chi connectivity index (χ2n) is 10.4. The predicted molar refractivity (Wildman–Crippen MR) is 163 cm³/mol. The first-order valence-electron chi connectivity index (χ1n) is 13.7. The molecule has 1 aliphatic heterocycles. The first-order valence-corrected chi connectivity index (χ1v) is 14.5. The van der Waals surface area contributed by atoms with Gasteiger partial charge in [0.1, 0.15) is 6.10 Å². The molecule has 5 rings (SSSR count). The van der Waals surface area contributed by atoms with Gasteiger partial charge in [0.25, 0.3) is 11.8 Å². The summed E-state index contributed by atoms with van der Waals surface area (Å²) in [4.78, 5) is 47.6. The average Bonchev–Trinajstić information content (AvgIpc) is 3.44. The van der Waals surface area contributed by atoms with Crippen molar-refractivity contribution < 1.29 is 24.2 Å². The minimum absolute atomic E-state index is 0.203. The standard InChI is InChI=1S/C31H33N5O5S/c1-19-16-36(20(2)18-37)30(39)22-12-9-14-24(33-28(38)29-34-23-13-7-8-15-26(23)42-29)27(22)41-25(19)17-35(3)31(40)32-21-10-5-4-6-11-21/h4-15,19-20,25,37H,16-18H2,1-3H3,(H,32,40)(H,33,38)/t19-,20+,25+/m1/s1. The van der Waals surface area contributed by atoms with Gasteiger partial charge >= 0.3 is 6.03 Å². The van der Waals surface area contributed by atoms with Crippen LogP contribution in [0, 0.1) is 5.92 Å². The summed E-state index contributed by atoms with van der Waals surface area (Å²) in [5.74, 6) is -0.757. The van der Waals surface area contributed by atoms with E-state index in [9.17, 15) is 19.5 Å². The highest BCUT2D eigenvalue weighted by Gasteiger charge is 2.35. The van der Waals surface area contributed by atoms with Gasteiger partial charge in [0.2, 0.25) is 0 Å². The smallest absolute Gasteiger partial charge is 0.321 e. The molecular formula is C31H33N5O5S. The number of carbonyl (C=O) groups excluding carboxylic acids is 3. The molecule has 0 spiro atoms. The fourth-order valence-corrected chi connectivity index (χ4v) is 5.66. The minimum Gasteiger partial charge on any atom is -0.485 e. The Labute approximate surface area is 247 Å². The lowest BCUT2D eigenvalue weighted by Gasteiger charge is -2.38. The number of thiazole rings is 1. The van der Waals surface area contributed by atoms with E-state index in [-0.39, 0.29) is 47.3 Å². The molecule has 1 aromatic heterocycles. The van der Waals surface area contributed by atoms with Gasteiger partial charge in [0.05, 0.1) is 40.7 Å². The number of nitrogens with one attached hydrogen (secondary N) is 2. The molecule has 10 nitrogen and oxygen atoms in total. The highest BCUT2D eigenvalue weighted by Crippen LogP contribution is 2.35. The lowest BCUT2D eigenvalue weighted by atomic mass is 9.99. The van der Waals surface area contributed by atoms with Crippen LogP contribution in [-0.2, 0) is 0 Å². The number of benzene rings is 3. The number of hydrogen-bond acceptors (Lipinski definition) is 7. The lowest BCUT2D eigenvalue weighted by molar-refractivity contribution is 0.0372. The second-order valence-corrected chi connectivity index (χ2v) is 11.5. The average molecular weight is 588 g/mol. The molecule has 0 saturated carbocycles. The Balaban J connectivity index is 1.45. The fraction of sp³-hybridized carbons (Fsp3) is 0.290. The number of carbonyl (C=O) groups is 3. The number of rotatable bonds is 7. The number of anilines is 2. The molecule has 0 bridgehead atoms. The summed E-state index contributed by atoms with van der Waals surface area (Å²) in [6.07, 6.45) is -0.544. The van der Waals surface area contributed by atoms with E-state index in [1.54, 1.807) is 49.2 Å². The summed E-state index contributed by atoms with van der Waals surface area (Å²) in [5, 5.41) is 16.0. The van der Waals surface area contributed by atoms with E-state index < -0.39 is 18.1 Å². The first-order chi connectivity index (χ1) is 20.2. The van der Waals surface area contributed by atoms with Crippen LogP contribution in [0.25, 0.3) is 10.2 Å². The molecule has 2 heterocycles. The Hall–Kier alpha value is -4.48. The van der Waals surface area contributed by atoms with E-state index in [1.165, 1.54) is 16.2 Å². The molecule has 4 aromatic rings. The summed E-state index contributed by atoms with van der Waals surface area (Å²) < 4.78 is 7.40. The Morgan fingerprint density at radius 2 is 1.83 bits per heavy atom. The molecule has 218 valence electrons. The zero-order chi connectivity index (χ0) is 29.8. The Morgan fingerprint density at radius 1 is 1.10 bits per heavy atom. The van der Waals surface area contributed by atoms with Crippen LogP contribution >= 0.6 is 11.3 Å². The van der Waals surface area contributed by atoms with Crippen molar-refractivity contribution in [3.05, 3.63) is 83.4 Å². The molecule has 0 saturated heterocycles. The molecule has 3 atom stereocenters. The first kappa shape index (κ1) is 29.0. The number of fused-ring (bicyclic) bond motifs is 2. The molecule has 0 fully saturated rings. The molecule has 0 aliphatic carbocycles. The van der Waals surface area contributed by atoms with Crippen LogP contribution in [0.1, 0.15) is 34.0 Å². The van der Waals surface area contributed by atoms with Gasteiger partial charge in [0.15, 0.2) is 10.8 Å². The number of aromatic nitrogens is 1. The third kappa shape index (κ3) is 6.22. The number of urea groups is 1. The van der Waals surface area contributed by atoms with Gasteiger partial charge in [-0.25, -0.2) is 9.78 Å². The number of nitrogens with zero attached hydrogens (tertiary/aromatic N) is 3. The molecule has 3 aromatic carbocycles. The van der Waals surface area contributed by atoms with Crippen LogP contribution in [0.5, 0.6) is 5.75 Å². The third-order valence-corrected chi connectivity index (χ3v) is 8.29. The van der Waals surface area contributed by atoms with E-state index >= 15 is 0 Å². The van der Waals surface area contributed by atoms with Crippen LogP contribution in [0.15, 0.2) is 72.8 Å². The molecule has 1 aliphatic rings. The van der Waals surface area contributed by atoms with Crippen molar-refractivity contribution in [2.24, 2.45) is 5.92 Å². The molecule has 42 heavy (non-hydrogen) atoms. The summed E-state index contributed by atoms with van der Waals surface area (Å²) >= 11 is 1.27. The lowest BCUT2D eigenvalue weighted by Crippen LogP contribution is -2.50. The van der Waals surface area contributed by atoms with Crippen LogP contribution in [0.2, 0.25) is 0 Å². The monoisotopic (exact) mass is 587 g/mol. The summed E-state index contributed by atoms with van der Waals surface area (Å²) in [5.41, 5.74) is 1.96. The maximum absolute atomic E-state index is 13.7. The molecule has 11 heteroatoms. The van der Waals surface area contributed by atoms with E-state index in [4.69, 9.17) is 4.74 Å². The van der Waals surface area contributed by atoms with E-state index in [0.717, 1.165) is 10.2 Å². The van der Waals surface area contributed by atoms with E-state index in [1.807, 2.05) is 49.4 Å². The molecule has 4 amide bonds. The van der Waals surface area contributed by atoms with Crippen LogP contribution in [-0.4, -0.2) is 76.6 Å². The zero-order valence-electron chi connectivity index (χ0n) is 23.6. The summed E-state index contributed by atoms with van der Waals surface area (Å²) in [7, 11) is 1.67. The minimum atomic E-state index is -0.544. The van der Waals surface area contributed by atoms with E-state index in [0.29, 0.717) is 17.9 Å². The Kier molecular flexibility index (Phi) is 8.69. The van der Waals surface area contributed by atoms with E-state index in [2.05, 4.69) is 15.6 Å². The van der Waals surface area contributed by atoms with Gasteiger partial charge in [-0.1, -0.05) is 43.3 Å². The molecule has 0 radical (unpaired) electrons. The maximum Gasteiger partial charge on any atom is 0.321 e. The van der Waals surface area contributed by atoms with Gasteiger partial charge in [-0.2, -0.15) is 0 Å². The van der Waals surface area contributed by atoms with Crippen molar-refractivity contribution in [3.63, 3.8) is 0 Å². The largest absolute Gasteiger partial charge is 0.485 e. The number of ether oxygens (including phenoxy) is 1. The van der Waals surface area contributed by atoms with Gasteiger partial charge in [-0.15, -0.1) is 11.3 Å². The Morgan fingerprint density at radius 3 is 2.57 bits per heavy atom.